The SMILES string of the molecule is CC(OP(=O)(O)OP(=O)(O)O)[C@H]1O[C@@H](n2ccc(=O)[nH]c2=O)[C@H](O)[C@@H]1O. The second-order valence-corrected chi connectivity index (χ2v) is 8.12. The van der Waals surface area contributed by atoms with E-state index in [0.29, 0.717) is 0 Å². The van der Waals surface area contributed by atoms with Crippen LogP contribution in [-0.4, -0.2) is 58.9 Å². The first kappa shape index (κ1) is 21.1. The summed E-state index contributed by atoms with van der Waals surface area (Å²) in [6.07, 6.45) is -6.82. The molecule has 1 aliphatic rings. The normalized spacial score (nSPS) is 30.1. The lowest BCUT2D eigenvalue weighted by Crippen LogP contribution is -2.39. The largest absolute Gasteiger partial charge is 0.481 e. The van der Waals surface area contributed by atoms with Gasteiger partial charge in [0.2, 0.25) is 0 Å². The van der Waals surface area contributed by atoms with E-state index in [-0.39, 0.29) is 0 Å². The van der Waals surface area contributed by atoms with Crippen molar-refractivity contribution in [3.8, 4) is 0 Å². The zero-order valence-electron chi connectivity index (χ0n) is 13.0. The standard InChI is InChI=1S/C10H16N2O12P2/c1-4(23-26(20,21)24-25(17,18)19)8-6(14)7(15)9(22-8)12-3-2-5(13)11-10(12)16/h2-4,6-9,14-15H,1H3,(H,20,21)(H,11,13,16)(H2,17,18,19)/t4?,6-,7+,8+,9+/m0/s1. The highest BCUT2D eigenvalue weighted by Gasteiger charge is 2.48. The molecule has 16 heteroatoms. The van der Waals surface area contributed by atoms with E-state index >= 15 is 0 Å². The average molecular weight is 418 g/mol. The van der Waals surface area contributed by atoms with Gasteiger partial charge in [0.15, 0.2) is 6.23 Å². The average Bonchev–Trinajstić information content (AvgIpc) is 2.72. The summed E-state index contributed by atoms with van der Waals surface area (Å²) in [5, 5.41) is 20.1. The van der Waals surface area contributed by atoms with Crippen molar-refractivity contribution in [3.63, 3.8) is 0 Å². The van der Waals surface area contributed by atoms with Crippen molar-refractivity contribution in [1.82, 2.24) is 9.55 Å². The Morgan fingerprint density at radius 2 is 1.85 bits per heavy atom. The van der Waals surface area contributed by atoms with Crippen LogP contribution in [0, 0.1) is 0 Å². The molecule has 0 aromatic carbocycles. The number of aliphatic hydroxyl groups excluding tert-OH is 2. The smallest absolute Gasteiger partial charge is 0.387 e. The third kappa shape index (κ3) is 4.96. The molecule has 0 radical (unpaired) electrons. The molecule has 6 atom stereocenters. The number of phosphoric acid groups is 2. The Morgan fingerprint density at radius 3 is 2.38 bits per heavy atom. The van der Waals surface area contributed by atoms with Crippen molar-refractivity contribution in [2.75, 3.05) is 0 Å². The van der Waals surface area contributed by atoms with E-state index in [4.69, 9.17) is 14.5 Å². The van der Waals surface area contributed by atoms with Gasteiger partial charge < -0.3 is 29.6 Å². The topological polar surface area (TPSA) is 218 Å². The van der Waals surface area contributed by atoms with Gasteiger partial charge in [0.1, 0.15) is 18.3 Å². The van der Waals surface area contributed by atoms with Gasteiger partial charge in [-0.3, -0.25) is 18.9 Å². The minimum absolute atomic E-state index is 0.705. The van der Waals surface area contributed by atoms with E-state index < -0.39 is 57.5 Å². The van der Waals surface area contributed by atoms with Crippen molar-refractivity contribution in [3.05, 3.63) is 33.1 Å². The molecular formula is C10H16N2O12P2. The maximum atomic E-state index is 11.8. The number of hydrogen-bond donors (Lipinski definition) is 6. The van der Waals surface area contributed by atoms with Crippen LogP contribution in [0.2, 0.25) is 0 Å². The zero-order chi connectivity index (χ0) is 19.9. The number of phosphoric ester groups is 1. The molecule has 0 spiro atoms. The molecule has 2 unspecified atom stereocenters. The number of aromatic nitrogens is 2. The Kier molecular flexibility index (Phi) is 6.05. The van der Waals surface area contributed by atoms with E-state index in [1.165, 1.54) is 0 Å². The van der Waals surface area contributed by atoms with E-state index in [1.54, 1.807) is 0 Å². The summed E-state index contributed by atoms with van der Waals surface area (Å²) in [7, 11) is -10.6. The van der Waals surface area contributed by atoms with Gasteiger partial charge in [-0.25, -0.2) is 13.9 Å². The molecule has 0 amide bonds. The minimum atomic E-state index is -5.34. The van der Waals surface area contributed by atoms with Crippen molar-refractivity contribution in [2.45, 2.75) is 37.6 Å². The fourth-order valence-electron chi connectivity index (χ4n) is 2.35. The highest BCUT2D eigenvalue weighted by molar-refractivity contribution is 7.60. The van der Waals surface area contributed by atoms with Crippen LogP contribution in [0.3, 0.4) is 0 Å². The zero-order valence-corrected chi connectivity index (χ0v) is 14.8. The molecule has 0 saturated carbocycles. The lowest BCUT2D eigenvalue weighted by atomic mass is 10.1. The number of aromatic amines is 1. The highest BCUT2D eigenvalue weighted by Crippen LogP contribution is 2.58. The molecule has 1 saturated heterocycles. The summed E-state index contributed by atoms with van der Waals surface area (Å²) in [5.74, 6) is 0. The maximum Gasteiger partial charge on any atom is 0.481 e. The Morgan fingerprint density at radius 1 is 1.23 bits per heavy atom. The van der Waals surface area contributed by atoms with E-state index in [2.05, 4.69) is 8.83 Å². The second kappa shape index (κ2) is 7.44. The lowest BCUT2D eigenvalue weighted by Gasteiger charge is -2.24. The summed E-state index contributed by atoms with van der Waals surface area (Å²) >= 11 is 0. The van der Waals surface area contributed by atoms with Gasteiger partial charge in [0.25, 0.3) is 5.56 Å². The van der Waals surface area contributed by atoms with Gasteiger partial charge in [-0.15, -0.1) is 0 Å². The monoisotopic (exact) mass is 418 g/mol. The summed E-state index contributed by atoms with van der Waals surface area (Å²) < 4.78 is 36.4. The van der Waals surface area contributed by atoms with Crippen LogP contribution in [0.4, 0.5) is 0 Å². The first-order valence-corrected chi connectivity index (χ1v) is 9.94. The molecule has 26 heavy (non-hydrogen) atoms. The van der Waals surface area contributed by atoms with Gasteiger partial charge in [-0.05, 0) is 6.92 Å². The van der Waals surface area contributed by atoms with Gasteiger partial charge in [-0.1, -0.05) is 0 Å². The highest BCUT2D eigenvalue weighted by atomic mass is 31.3. The first-order chi connectivity index (χ1) is 11.8. The van der Waals surface area contributed by atoms with Gasteiger partial charge in [-0.2, -0.15) is 4.31 Å². The Hall–Kier alpha value is -1.18. The van der Waals surface area contributed by atoms with Crippen molar-refractivity contribution in [1.29, 1.82) is 0 Å². The summed E-state index contributed by atoms with van der Waals surface area (Å²) in [6, 6.07) is 0.965. The molecule has 0 aliphatic carbocycles. The van der Waals surface area contributed by atoms with Crippen molar-refractivity contribution < 1.29 is 47.6 Å². The summed E-state index contributed by atoms with van der Waals surface area (Å²) in [5.41, 5.74) is -1.65. The van der Waals surface area contributed by atoms with Crippen LogP contribution in [0.5, 0.6) is 0 Å². The molecule has 6 N–H and O–H groups in total. The van der Waals surface area contributed by atoms with Crippen LogP contribution in [0.25, 0.3) is 0 Å². The number of nitrogens with one attached hydrogen (secondary N) is 1. The first-order valence-electron chi connectivity index (χ1n) is 6.92. The molecular weight excluding hydrogens is 402 g/mol. The predicted octanol–water partition coefficient (Wildman–Crippen LogP) is -2.23. The Balaban J connectivity index is 2.18. The van der Waals surface area contributed by atoms with Crippen LogP contribution >= 0.6 is 15.6 Å². The second-order valence-electron chi connectivity index (χ2n) is 5.34. The molecule has 14 nitrogen and oxygen atoms in total. The van der Waals surface area contributed by atoms with Gasteiger partial charge in [0, 0.05) is 12.3 Å². The molecule has 148 valence electrons. The van der Waals surface area contributed by atoms with Crippen LogP contribution in [0.15, 0.2) is 21.9 Å². The minimum Gasteiger partial charge on any atom is -0.387 e. The third-order valence-corrected chi connectivity index (χ3v) is 5.65. The predicted molar refractivity (Wildman–Crippen MR) is 80.7 cm³/mol. The Bertz CT molecular complexity index is 860. The molecule has 2 heterocycles. The van der Waals surface area contributed by atoms with Crippen molar-refractivity contribution in [2.24, 2.45) is 0 Å². The van der Waals surface area contributed by atoms with E-state index in [0.717, 1.165) is 23.8 Å². The summed E-state index contributed by atoms with van der Waals surface area (Å²) in [4.78, 5) is 51.2. The van der Waals surface area contributed by atoms with E-state index in [1.807, 2.05) is 4.98 Å². The molecule has 0 bridgehead atoms. The Labute approximate surface area is 144 Å². The van der Waals surface area contributed by atoms with Gasteiger partial charge in [0.05, 0.1) is 6.10 Å². The molecule has 2 rings (SSSR count). The molecule has 1 aromatic rings. The van der Waals surface area contributed by atoms with Crippen LogP contribution < -0.4 is 11.2 Å². The number of ether oxygens (including phenoxy) is 1. The quantitative estimate of drug-likeness (QED) is 0.270. The van der Waals surface area contributed by atoms with Gasteiger partial charge >= 0.3 is 21.3 Å². The number of nitrogens with zero attached hydrogens (tertiary/aromatic N) is 1. The molecule has 1 aliphatic heterocycles. The van der Waals surface area contributed by atoms with Crippen molar-refractivity contribution >= 4 is 15.6 Å². The number of hydrogen-bond acceptors (Lipinski definition) is 9. The number of H-pyrrole nitrogens is 1. The summed E-state index contributed by atoms with van der Waals surface area (Å²) in [6.45, 7) is 1.10. The maximum absolute atomic E-state index is 11.8. The van der Waals surface area contributed by atoms with E-state index in [9.17, 15) is 33.8 Å². The van der Waals surface area contributed by atoms with Crippen LogP contribution in [-0.2, 0) is 22.7 Å². The molecule has 1 fully saturated rings. The fraction of sp³-hybridized carbons (Fsp3) is 0.600. The lowest BCUT2D eigenvalue weighted by molar-refractivity contribution is -0.0782. The van der Waals surface area contributed by atoms with Crippen LogP contribution in [0.1, 0.15) is 13.2 Å². The third-order valence-electron chi connectivity index (χ3n) is 3.37. The number of rotatable bonds is 6. The fourth-order valence-corrected chi connectivity index (χ4v) is 4.12. The molecule has 1 aromatic heterocycles. The number of aliphatic hydroxyl groups is 2.